The zero-order chi connectivity index (χ0) is 37.6. The number of fused-ring (bicyclic) bond motifs is 3. The SMILES string of the molecule is COc1c(C(=O)/C=C/c2ccc3ccccc3c2)c(O)c(OC)c2occc12.COc1c(C(=O)/C=C/c2ccccc2F)c(O)c(OC)c2occc12. The molecule has 0 aliphatic rings. The van der Waals surface area contributed by atoms with Gasteiger partial charge in [-0.3, -0.25) is 9.59 Å². The summed E-state index contributed by atoms with van der Waals surface area (Å²) in [6, 6.07) is 23.2. The Morgan fingerprint density at radius 2 is 1.09 bits per heavy atom. The van der Waals surface area contributed by atoms with Crippen molar-refractivity contribution < 1.29 is 52.0 Å². The molecule has 0 spiro atoms. The lowest BCUT2D eigenvalue weighted by molar-refractivity contribution is 0.103. The zero-order valence-electron chi connectivity index (χ0n) is 29.0. The van der Waals surface area contributed by atoms with Gasteiger partial charge in [-0.05, 0) is 58.8 Å². The van der Waals surface area contributed by atoms with Gasteiger partial charge in [0.2, 0.25) is 11.5 Å². The quantitative estimate of drug-likeness (QED) is 0.104. The molecule has 268 valence electrons. The molecule has 7 aromatic rings. The summed E-state index contributed by atoms with van der Waals surface area (Å²) in [6.07, 6.45) is 8.48. The van der Waals surface area contributed by atoms with E-state index >= 15 is 0 Å². The minimum absolute atomic E-state index is 0.0310. The monoisotopic (exact) mass is 716 g/mol. The maximum atomic E-state index is 13.7. The van der Waals surface area contributed by atoms with Crippen molar-refractivity contribution >= 4 is 56.4 Å². The lowest BCUT2D eigenvalue weighted by atomic mass is 10.0. The number of aromatic hydroxyl groups is 2. The number of phenols is 2. The topological polar surface area (TPSA) is 138 Å². The summed E-state index contributed by atoms with van der Waals surface area (Å²) in [7, 11) is 5.58. The summed E-state index contributed by atoms with van der Waals surface area (Å²) in [4.78, 5) is 25.5. The number of ketones is 2. The Balaban J connectivity index is 0.000000183. The number of phenolic OH excluding ortho intramolecular Hbond substituents is 2. The molecule has 0 bridgehead atoms. The van der Waals surface area contributed by atoms with E-state index in [2.05, 4.69) is 0 Å². The predicted octanol–water partition coefficient (Wildman–Crippen LogP) is 9.40. The zero-order valence-corrected chi connectivity index (χ0v) is 29.0. The Hall–Kier alpha value is -7.01. The highest BCUT2D eigenvalue weighted by atomic mass is 19.1. The van der Waals surface area contributed by atoms with Crippen molar-refractivity contribution in [2.75, 3.05) is 28.4 Å². The van der Waals surface area contributed by atoms with E-state index < -0.39 is 23.1 Å². The number of hydrogen-bond acceptors (Lipinski definition) is 10. The highest BCUT2D eigenvalue weighted by Crippen LogP contribution is 2.47. The third-order valence-electron chi connectivity index (χ3n) is 8.42. The lowest BCUT2D eigenvalue weighted by Crippen LogP contribution is -2.02. The number of halogens is 1. The van der Waals surface area contributed by atoms with Crippen LogP contribution in [0.25, 0.3) is 44.9 Å². The van der Waals surface area contributed by atoms with Crippen LogP contribution in [0.2, 0.25) is 0 Å². The van der Waals surface area contributed by atoms with Crippen LogP contribution in [0, 0.1) is 5.82 Å². The van der Waals surface area contributed by atoms with E-state index in [9.17, 15) is 24.2 Å². The molecule has 0 aliphatic carbocycles. The summed E-state index contributed by atoms with van der Waals surface area (Å²) in [5.41, 5.74) is 1.68. The molecule has 0 radical (unpaired) electrons. The number of allylic oxidation sites excluding steroid dienone is 2. The molecule has 10 nitrogen and oxygen atoms in total. The van der Waals surface area contributed by atoms with Gasteiger partial charge in [-0.15, -0.1) is 0 Å². The minimum Gasteiger partial charge on any atom is -0.504 e. The van der Waals surface area contributed by atoms with E-state index in [0.717, 1.165) is 16.3 Å². The second kappa shape index (κ2) is 15.5. The number of hydrogen-bond donors (Lipinski definition) is 2. The third-order valence-corrected chi connectivity index (χ3v) is 8.42. The lowest BCUT2D eigenvalue weighted by Gasteiger charge is -2.13. The molecule has 2 N–H and O–H groups in total. The molecule has 0 amide bonds. The van der Waals surface area contributed by atoms with Crippen LogP contribution in [0.15, 0.2) is 112 Å². The smallest absolute Gasteiger partial charge is 0.205 e. The molecule has 7 rings (SSSR count). The molecule has 0 fully saturated rings. The molecular weight excluding hydrogens is 683 g/mol. The van der Waals surface area contributed by atoms with Crippen molar-refractivity contribution in [3.8, 4) is 34.5 Å². The Morgan fingerprint density at radius 3 is 1.62 bits per heavy atom. The molecule has 2 heterocycles. The Morgan fingerprint density at radius 1 is 0.604 bits per heavy atom. The minimum atomic E-state index is -0.556. The third kappa shape index (κ3) is 6.87. The van der Waals surface area contributed by atoms with E-state index in [0.29, 0.717) is 16.4 Å². The van der Waals surface area contributed by atoms with Gasteiger partial charge in [0.15, 0.2) is 34.2 Å². The first kappa shape index (κ1) is 35.8. The van der Waals surface area contributed by atoms with Gasteiger partial charge < -0.3 is 38.0 Å². The second-order valence-corrected chi connectivity index (χ2v) is 11.4. The van der Waals surface area contributed by atoms with Crippen molar-refractivity contribution in [2.45, 2.75) is 0 Å². The molecule has 5 aromatic carbocycles. The highest BCUT2D eigenvalue weighted by Gasteiger charge is 2.27. The molecule has 53 heavy (non-hydrogen) atoms. The van der Waals surface area contributed by atoms with Crippen LogP contribution in [-0.2, 0) is 0 Å². The predicted molar refractivity (Wildman–Crippen MR) is 199 cm³/mol. The summed E-state index contributed by atoms with van der Waals surface area (Å²) in [5, 5.41) is 24.3. The molecule has 2 aromatic heterocycles. The second-order valence-electron chi connectivity index (χ2n) is 11.4. The van der Waals surface area contributed by atoms with E-state index in [4.69, 9.17) is 27.8 Å². The Bertz CT molecular complexity index is 2540. The van der Waals surface area contributed by atoms with Crippen molar-refractivity contribution in [3.05, 3.63) is 132 Å². The first-order valence-corrected chi connectivity index (χ1v) is 16.1. The fourth-order valence-corrected chi connectivity index (χ4v) is 5.94. The summed E-state index contributed by atoms with van der Waals surface area (Å²) < 4.78 is 45.4. The molecule has 11 heteroatoms. The maximum absolute atomic E-state index is 13.7. The first-order chi connectivity index (χ1) is 25.7. The van der Waals surface area contributed by atoms with Crippen molar-refractivity contribution in [2.24, 2.45) is 0 Å². The van der Waals surface area contributed by atoms with Crippen LogP contribution < -0.4 is 18.9 Å². The van der Waals surface area contributed by atoms with Gasteiger partial charge in [0.05, 0.1) is 51.7 Å². The molecule has 0 saturated heterocycles. The van der Waals surface area contributed by atoms with Crippen LogP contribution in [0.4, 0.5) is 4.39 Å². The molecule has 0 aliphatic heterocycles. The standard InChI is InChI=1S/C23H18O5.C19H15FO5/c1-26-21-17-11-12-28-22(17)23(27-2)20(25)19(21)18(24)10-8-14-7-9-15-5-3-4-6-16(15)13-14;1-23-17-12-9-10-25-18(12)19(24-2)16(22)15(17)14(21)8-7-11-5-3-4-6-13(11)20/h3-13,25H,1-2H3;3-10,22H,1-2H3/b10-8+;8-7+. The van der Waals surface area contributed by atoms with Gasteiger partial charge in [-0.25, -0.2) is 4.39 Å². The van der Waals surface area contributed by atoms with Gasteiger partial charge in [0.1, 0.15) is 28.4 Å². The van der Waals surface area contributed by atoms with E-state index in [1.807, 2.05) is 42.5 Å². The van der Waals surface area contributed by atoms with Crippen LogP contribution in [0.1, 0.15) is 31.8 Å². The summed E-state index contributed by atoms with van der Waals surface area (Å²) in [5.74, 6) is -1.58. The number of carbonyl (C=O) groups is 2. The fourth-order valence-electron chi connectivity index (χ4n) is 5.94. The maximum Gasteiger partial charge on any atom is 0.205 e. The largest absolute Gasteiger partial charge is 0.504 e. The van der Waals surface area contributed by atoms with E-state index in [1.165, 1.54) is 71.3 Å². The number of benzene rings is 5. The first-order valence-electron chi connectivity index (χ1n) is 16.1. The van der Waals surface area contributed by atoms with Gasteiger partial charge >= 0.3 is 0 Å². The normalized spacial score (nSPS) is 11.3. The number of carbonyl (C=O) groups excluding carboxylic acids is 2. The van der Waals surface area contributed by atoms with Crippen molar-refractivity contribution in [1.82, 2.24) is 0 Å². The van der Waals surface area contributed by atoms with Crippen molar-refractivity contribution in [1.29, 1.82) is 0 Å². The average molecular weight is 717 g/mol. The average Bonchev–Trinajstić information content (AvgIpc) is 3.86. The van der Waals surface area contributed by atoms with E-state index in [-0.39, 0.29) is 51.0 Å². The Kier molecular flexibility index (Phi) is 10.5. The van der Waals surface area contributed by atoms with Crippen LogP contribution in [0.3, 0.4) is 0 Å². The van der Waals surface area contributed by atoms with Crippen LogP contribution in [0.5, 0.6) is 34.5 Å². The fraction of sp³-hybridized carbons (Fsp3) is 0.0952. The number of furan rings is 2. The van der Waals surface area contributed by atoms with Gasteiger partial charge in [-0.1, -0.05) is 60.7 Å². The van der Waals surface area contributed by atoms with Gasteiger partial charge in [-0.2, -0.15) is 0 Å². The number of ether oxygens (including phenoxy) is 4. The summed E-state index contributed by atoms with van der Waals surface area (Å²) >= 11 is 0. The number of methoxy groups -OCH3 is 4. The van der Waals surface area contributed by atoms with Crippen molar-refractivity contribution in [3.63, 3.8) is 0 Å². The molecule has 0 atom stereocenters. The number of rotatable bonds is 10. The van der Waals surface area contributed by atoms with Crippen LogP contribution >= 0.6 is 0 Å². The molecule has 0 saturated carbocycles. The summed E-state index contributed by atoms with van der Waals surface area (Å²) in [6.45, 7) is 0. The van der Waals surface area contributed by atoms with Gasteiger partial charge in [0.25, 0.3) is 0 Å². The molecule has 0 unspecified atom stereocenters. The van der Waals surface area contributed by atoms with E-state index in [1.54, 1.807) is 30.3 Å². The molecular formula is C42H33FO10. The Labute approximate surface area is 302 Å². The highest BCUT2D eigenvalue weighted by molar-refractivity contribution is 6.16. The van der Waals surface area contributed by atoms with Crippen LogP contribution in [-0.4, -0.2) is 50.2 Å². The van der Waals surface area contributed by atoms with Gasteiger partial charge in [0, 0.05) is 5.56 Å².